The fourth-order valence-corrected chi connectivity index (χ4v) is 1.60. The van der Waals surface area contributed by atoms with Gasteiger partial charge in [-0.2, -0.15) is 0 Å². The molecule has 0 aliphatic rings. The van der Waals surface area contributed by atoms with Crippen LogP contribution in [0.15, 0.2) is 12.2 Å². The van der Waals surface area contributed by atoms with Crippen LogP contribution in [0.4, 0.5) is 0 Å². The van der Waals surface area contributed by atoms with Crippen molar-refractivity contribution in [2.45, 2.75) is 79.4 Å². The van der Waals surface area contributed by atoms with Gasteiger partial charge in [0.05, 0.1) is 11.7 Å². The van der Waals surface area contributed by atoms with E-state index in [1.165, 1.54) is 0 Å². The fourth-order valence-electron chi connectivity index (χ4n) is 1.60. The lowest BCUT2D eigenvalue weighted by atomic mass is 9.87. The summed E-state index contributed by atoms with van der Waals surface area (Å²) in [5.41, 5.74) is -0.489. The lowest BCUT2D eigenvalue weighted by molar-refractivity contribution is -0.132. The van der Waals surface area contributed by atoms with Crippen LogP contribution in [0, 0.1) is 5.41 Å². The summed E-state index contributed by atoms with van der Waals surface area (Å²) >= 11 is 0. The molecule has 18 heavy (non-hydrogen) atoms. The molecule has 0 N–H and O–H groups in total. The Morgan fingerprint density at radius 1 is 1.11 bits per heavy atom. The molecule has 0 aromatic rings. The Morgan fingerprint density at radius 3 is 2.06 bits per heavy atom. The Morgan fingerprint density at radius 2 is 1.67 bits per heavy atom. The highest BCUT2D eigenvalue weighted by Gasteiger charge is 2.26. The molecule has 1 unspecified atom stereocenters. The van der Waals surface area contributed by atoms with E-state index >= 15 is 0 Å². The highest BCUT2D eigenvalue weighted by Crippen LogP contribution is 2.23. The summed E-state index contributed by atoms with van der Waals surface area (Å²) in [6, 6.07) is 0. The normalized spacial score (nSPS) is 15.1. The van der Waals surface area contributed by atoms with Crippen LogP contribution in [0.5, 0.6) is 0 Å². The van der Waals surface area contributed by atoms with Gasteiger partial charge in [0.2, 0.25) is 0 Å². The molecule has 0 heterocycles. The number of ether oxygens (including phenoxy) is 1. The quantitative estimate of drug-likeness (QED) is 0.651. The zero-order chi connectivity index (χ0) is 14.4. The van der Waals surface area contributed by atoms with Crippen LogP contribution in [-0.4, -0.2) is 17.5 Å². The lowest BCUT2D eigenvalue weighted by Gasteiger charge is -2.28. The van der Waals surface area contributed by atoms with Crippen molar-refractivity contribution in [3.05, 3.63) is 12.2 Å². The molecule has 0 spiro atoms. The number of carbonyl (C=O) groups excluding carboxylic acids is 1. The Kier molecular flexibility index (Phi) is 6.83. The molecule has 0 aromatic carbocycles. The van der Waals surface area contributed by atoms with E-state index < -0.39 is 0 Å². The maximum atomic E-state index is 12.1. The Bertz CT molecular complexity index is 276. The van der Waals surface area contributed by atoms with Crippen molar-refractivity contribution in [3.8, 4) is 0 Å². The molecular formula is C16H30O2. The molecule has 2 nitrogen and oxygen atoms in total. The molecule has 0 amide bonds. The number of allylic oxidation sites excluding steroid dienone is 1. The van der Waals surface area contributed by atoms with Crippen molar-refractivity contribution >= 4 is 5.78 Å². The second-order valence-electron chi connectivity index (χ2n) is 6.84. The summed E-state index contributed by atoms with van der Waals surface area (Å²) in [6.07, 6.45) is 6.56. The van der Waals surface area contributed by atoms with Crippen molar-refractivity contribution in [1.29, 1.82) is 0 Å². The first kappa shape index (κ1) is 17.4. The minimum atomic E-state index is -0.284. The van der Waals surface area contributed by atoms with Crippen molar-refractivity contribution < 1.29 is 9.53 Å². The molecule has 0 saturated heterocycles. The Hall–Kier alpha value is -0.630. The number of hydrogen-bond donors (Lipinski definition) is 0. The highest BCUT2D eigenvalue weighted by molar-refractivity contribution is 5.84. The van der Waals surface area contributed by atoms with E-state index in [4.69, 9.17) is 4.74 Å². The van der Waals surface area contributed by atoms with E-state index in [9.17, 15) is 4.79 Å². The SMILES string of the molecule is CCC=CCC(CC(=O)C(C)(C)C)OC(C)(C)C. The molecule has 0 saturated carbocycles. The van der Waals surface area contributed by atoms with Crippen LogP contribution < -0.4 is 0 Å². The van der Waals surface area contributed by atoms with Gasteiger partial charge >= 0.3 is 0 Å². The van der Waals surface area contributed by atoms with Crippen LogP contribution in [0.2, 0.25) is 0 Å². The summed E-state index contributed by atoms with van der Waals surface area (Å²) in [6.45, 7) is 14.1. The maximum absolute atomic E-state index is 12.1. The highest BCUT2D eigenvalue weighted by atomic mass is 16.5. The molecular weight excluding hydrogens is 224 g/mol. The van der Waals surface area contributed by atoms with Gasteiger partial charge in [-0.3, -0.25) is 4.79 Å². The summed E-state index contributed by atoms with van der Waals surface area (Å²) in [5, 5.41) is 0. The zero-order valence-corrected chi connectivity index (χ0v) is 13.2. The van der Waals surface area contributed by atoms with E-state index in [1.54, 1.807) is 0 Å². The molecule has 0 rings (SSSR count). The molecule has 0 aliphatic heterocycles. The first-order chi connectivity index (χ1) is 8.06. The van der Waals surface area contributed by atoms with E-state index in [1.807, 2.05) is 41.5 Å². The monoisotopic (exact) mass is 254 g/mol. The Balaban J connectivity index is 4.57. The second-order valence-corrected chi connectivity index (χ2v) is 6.84. The molecule has 0 fully saturated rings. The smallest absolute Gasteiger partial charge is 0.140 e. The van der Waals surface area contributed by atoms with Gasteiger partial charge in [-0.05, 0) is 33.6 Å². The lowest BCUT2D eigenvalue weighted by Crippen LogP contribution is -2.32. The third-order valence-corrected chi connectivity index (χ3v) is 2.57. The summed E-state index contributed by atoms with van der Waals surface area (Å²) in [4.78, 5) is 12.1. The largest absolute Gasteiger partial charge is 0.372 e. The fraction of sp³-hybridized carbons (Fsp3) is 0.812. The second kappa shape index (κ2) is 7.08. The van der Waals surface area contributed by atoms with Crippen molar-refractivity contribution in [2.24, 2.45) is 5.41 Å². The molecule has 0 radical (unpaired) electrons. The molecule has 2 heteroatoms. The van der Waals surface area contributed by atoms with Gasteiger partial charge in [-0.25, -0.2) is 0 Å². The van der Waals surface area contributed by atoms with Gasteiger partial charge in [-0.15, -0.1) is 0 Å². The average Bonchev–Trinajstić information content (AvgIpc) is 2.13. The molecule has 0 bridgehead atoms. The predicted molar refractivity (Wildman–Crippen MR) is 77.8 cm³/mol. The third-order valence-electron chi connectivity index (χ3n) is 2.57. The van der Waals surface area contributed by atoms with Gasteiger partial charge in [0.25, 0.3) is 0 Å². The maximum Gasteiger partial charge on any atom is 0.140 e. The van der Waals surface area contributed by atoms with Gasteiger partial charge in [0, 0.05) is 11.8 Å². The van der Waals surface area contributed by atoms with Crippen LogP contribution in [0.3, 0.4) is 0 Å². The zero-order valence-electron chi connectivity index (χ0n) is 13.2. The number of Topliss-reactive ketones (excluding diaryl/α,β-unsaturated/α-hetero) is 1. The van der Waals surface area contributed by atoms with Crippen molar-refractivity contribution in [1.82, 2.24) is 0 Å². The van der Waals surface area contributed by atoms with Crippen LogP contribution in [-0.2, 0) is 9.53 Å². The topological polar surface area (TPSA) is 26.3 Å². The van der Waals surface area contributed by atoms with E-state index in [2.05, 4.69) is 19.1 Å². The molecule has 0 aromatic heterocycles. The van der Waals surface area contributed by atoms with Gasteiger partial charge < -0.3 is 4.74 Å². The van der Waals surface area contributed by atoms with Gasteiger partial charge in [0.1, 0.15) is 5.78 Å². The van der Waals surface area contributed by atoms with E-state index in [0.29, 0.717) is 6.42 Å². The number of rotatable bonds is 6. The first-order valence-corrected chi connectivity index (χ1v) is 6.92. The van der Waals surface area contributed by atoms with Gasteiger partial charge in [0.15, 0.2) is 0 Å². The average molecular weight is 254 g/mol. The number of hydrogen-bond acceptors (Lipinski definition) is 2. The first-order valence-electron chi connectivity index (χ1n) is 6.92. The number of ketones is 1. The van der Waals surface area contributed by atoms with Crippen LogP contribution in [0.25, 0.3) is 0 Å². The van der Waals surface area contributed by atoms with Crippen LogP contribution in [0.1, 0.15) is 67.7 Å². The number of carbonyl (C=O) groups is 1. The standard InChI is InChI=1S/C16H30O2/c1-8-9-10-11-13(18-16(5,6)7)12-14(17)15(2,3)4/h9-10,13H,8,11-12H2,1-7H3. The summed E-state index contributed by atoms with van der Waals surface area (Å²) in [5.74, 6) is 0.265. The summed E-state index contributed by atoms with van der Waals surface area (Å²) < 4.78 is 5.98. The predicted octanol–water partition coefficient (Wildman–Crippen LogP) is 4.53. The minimum absolute atomic E-state index is 0.0143. The Labute approximate surface area is 113 Å². The van der Waals surface area contributed by atoms with E-state index in [-0.39, 0.29) is 22.9 Å². The molecule has 0 aliphatic carbocycles. The summed E-state index contributed by atoms with van der Waals surface area (Å²) in [7, 11) is 0. The minimum Gasteiger partial charge on any atom is -0.372 e. The van der Waals surface area contributed by atoms with E-state index in [0.717, 1.165) is 12.8 Å². The van der Waals surface area contributed by atoms with Crippen molar-refractivity contribution in [2.75, 3.05) is 0 Å². The van der Waals surface area contributed by atoms with Crippen molar-refractivity contribution in [3.63, 3.8) is 0 Å². The molecule has 1 atom stereocenters. The van der Waals surface area contributed by atoms with Gasteiger partial charge in [-0.1, -0.05) is 39.8 Å². The van der Waals surface area contributed by atoms with Crippen LogP contribution >= 0.6 is 0 Å². The molecule has 106 valence electrons. The third kappa shape index (κ3) is 8.46.